The molecule has 26 heavy (non-hydrogen) atoms. The summed E-state index contributed by atoms with van der Waals surface area (Å²) in [5.41, 5.74) is 1.91. The third kappa shape index (κ3) is 3.25. The Morgan fingerprint density at radius 1 is 1.08 bits per heavy atom. The number of carbonyl (C=O) groups excluding carboxylic acids is 3. The zero-order valence-corrected chi connectivity index (χ0v) is 15.2. The Hall–Kier alpha value is -2.95. The van der Waals surface area contributed by atoms with Crippen molar-refractivity contribution < 1.29 is 23.9 Å². The zero-order valence-electron chi connectivity index (χ0n) is 15.2. The fourth-order valence-corrected chi connectivity index (χ4v) is 3.02. The number of Topliss-reactive ketones (excluding diaryl/α,β-unsaturated/α-hetero) is 1. The number of cyclic esters (lactones) is 1. The molecule has 1 aliphatic heterocycles. The van der Waals surface area contributed by atoms with Crippen molar-refractivity contribution in [3.8, 4) is 5.75 Å². The molecular weight excluding hydrogens is 332 g/mol. The van der Waals surface area contributed by atoms with Crippen molar-refractivity contribution >= 4 is 17.7 Å². The van der Waals surface area contributed by atoms with Crippen molar-refractivity contribution in [2.24, 2.45) is 0 Å². The predicted molar refractivity (Wildman–Crippen MR) is 95.5 cm³/mol. The molecule has 2 aromatic rings. The summed E-state index contributed by atoms with van der Waals surface area (Å²) in [5, 5.41) is 0. The maximum absolute atomic E-state index is 12.8. The van der Waals surface area contributed by atoms with Gasteiger partial charge in [-0.05, 0) is 51.5 Å². The average Bonchev–Trinajstić information content (AvgIpc) is 2.57. The van der Waals surface area contributed by atoms with Crippen LogP contribution in [0, 0.1) is 13.8 Å². The molecule has 2 aromatic carbocycles. The minimum Gasteiger partial charge on any atom is -0.443 e. The number of fused-ring (bicyclic) bond motifs is 1. The summed E-state index contributed by atoms with van der Waals surface area (Å²) >= 11 is 0. The highest BCUT2D eigenvalue weighted by Gasteiger charge is 2.44. The molecule has 1 heterocycles. The minimum atomic E-state index is -1.45. The number of benzene rings is 2. The maximum atomic E-state index is 12.8. The van der Waals surface area contributed by atoms with Gasteiger partial charge < -0.3 is 9.47 Å². The molecule has 0 unspecified atom stereocenters. The largest absolute Gasteiger partial charge is 0.443 e. The van der Waals surface area contributed by atoms with E-state index in [4.69, 9.17) is 9.47 Å². The van der Waals surface area contributed by atoms with Gasteiger partial charge in [-0.15, -0.1) is 0 Å². The third-order valence-corrected chi connectivity index (χ3v) is 4.48. The van der Waals surface area contributed by atoms with E-state index in [-0.39, 0.29) is 18.0 Å². The highest BCUT2D eigenvalue weighted by molar-refractivity contribution is 5.99. The SMILES string of the molecule is CC(=O)c1cc(C)ccc1OC(=O)[C@]1(C)Cc2ccc(C)cc2C(=O)O1. The average molecular weight is 352 g/mol. The quantitative estimate of drug-likeness (QED) is 0.480. The molecule has 0 fully saturated rings. The number of hydrogen-bond donors (Lipinski definition) is 0. The van der Waals surface area contributed by atoms with E-state index in [0.29, 0.717) is 11.1 Å². The first kappa shape index (κ1) is 17.9. The van der Waals surface area contributed by atoms with Gasteiger partial charge in [-0.2, -0.15) is 0 Å². The van der Waals surface area contributed by atoms with Crippen LogP contribution in [0.25, 0.3) is 0 Å². The second-order valence-corrected chi connectivity index (χ2v) is 6.90. The van der Waals surface area contributed by atoms with Gasteiger partial charge in [-0.1, -0.05) is 29.3 Å². The normalized spacial score (nSPS) is 18.7. The lowest BCUT2D eigenvalue weighted by molar-refractivity contribution is -0.155. The zero-order chi connectivity index (χ0) is 19.1. The van der Waals surface area contributed by atoms with Crippen molar-refractivity contribution in [3.63, 3.8) is 0 Å². The van der Waals surface area contributed by atoms with E-state index < -0.39 is 17.5 Å². The number of carbonyl (C=O) groups is 3. The van der Waals surface area contributed by atoms with Gasteiger partial charge in [0.1, 0.15) is 5.75 Å². The number of esters is 2. The lowest BCUT2D eigenvalue weighted by Gasteiger charge is -2.32. The molecule has 1 atom stereocenters. The summed E-state index contributed by atoms with van der Waals surface area (Å²) in [6.07, 6.45) is 0.217. The Kier molecular flexibility index (Phi) is 4.40. The van der Waals surface area contributed by atoms with Crippen LogP contribution in [0.3, 0.4) is 0 Å². The molecule has 0 aliphatic carbocycles. The maximum Gasteiger partial charge on any atom is 0.356 e. The molecule has 1 aliphatic rings. The van der Waals surface area contributed by atoms with Crippen LogP contribution in [0.15, 0.2) is 36.4 Å². The van der Waals surface area contributed by atoms with Crippen LogP contribution in [0.4, 0.5) is 0 Å². The molecule has 0 bridgehead atoms. The first-order chi connectivity index (χ1) is 12.2. The standard InChI is InChI=1S/C21H20O5/c1-12-5-7-15-11-21(4,26-19(23)17(15)10-12)20(24)25-18-8-6-13(2)9-16(18)14(3)22/h5-10H,11H2,1-4H3/t21-/m0/s1. The van der Waals surface area contributed by atoms with Gasteiger partial charge in [0.15, 0.2) is 5.78 Å². The second-order valence-electron chi connectivity index (χ2n) is 6.90. The lowest BCUT2D eigenvalue weighted by atomic mass is 9.89. The summed E-state index contributed by atoms with van der Waals surface area (Å²) < 4.78 is 10.9. The summed E-state index contributed by atoms with van der Waals surface area (Å²) in [4.78, 5) is 36.9. The van der Waals surface area contributed by atoms with Crippen LogP contribution >= 0.6 is 0 Å². The van der Waals surface area contributed by atoms with Crippen LogP contribution in [-0.4, -0.2) is 23.3 Å². The molecule has 0 amide bonds. The van der Waals surface area contributed by atoms with E-state index in [1.807, 2.05) is 26.0 Å². The molecule has 134 valence electrons. The summed E-state index contributed by atoms with van der Waals surface area (Å²) in [5.74, 6) is -1.29. The van der Waals surface area contributed by atoms with E-state index in [9.17, 15) is 14.4 Å². The highest BCUT2D eigenvalue weighted by Crippen LogP contribution is 2.31. The van der Waals surface area contributed by atoms with Gasteiger partial charge in [0.2, 0.25) is 5.60 Å². The van der Waals surface area contributed by atoms with E-state index in [1.54, 1.807) is 24.3 Å². The summed E-state index contributed by atoms with van der Waals surface area (Å²) in [6.45, 7) is 6.67. The van der Waals surface area contributed by atoms with Crippen molar-refractivity contribution in [3.05, 3.63) is 64.2 Å². The molecule has 0 spiro atoms. The minimum absolute atomic E-state index is 0.167. The molecule has 3 rings (SSSR count). The predicted octanol–water partition coefficient (Wildman–Crippen LogP) is 3.58. The van der Waals surface area contributed by atoms with Crippen LogP contribution in [-0.2, 0) is 16.0 Å². The number of hydrogen-bond acceptors (Lipinski definition) is 5. The molecule has 0 saturated heterocycles. The van der Waals surface area contributed by atoms with Crippen molar-refractivity contribution in [1.82, 2.24) is 0 Å². The highest BCUT2D eigenvalue weighted by atomic mass is 16.6. The van der Waals surface area contributed by atoms with E-state index in [1.165, 1.54) is 13.8 Å². The van der Waals surface area contributed by atoms with Gasteiger partial charge in [0.05, 0.1) is 11.1 Å². The third-order valence-electron chi connectivity index (χ3n) is 4.48. The van der Waals surface area contributed by atoms with Gasteiger partial charge in [0, 0.05) is 6.42 Å². The molecule has 5 nitrogen and oxygen atoms in total. The number of rotatable bonds is 3. The van der Waals surface area contributed by atoms with Gasteiger partial charge in [-0.3, -0.25) is 4.79 Å². The first-order valence-electron chi connectivity index (χ1n) is 8.36. The topological polar surface area (TPSA) is 69.7 Å². The second kappa shape index (κ2) is 6.41. The first-order valence-corrected chi connectivity index (χ1v) is 8.36. The molecule has 0 N–H and O–H groups in total. The Labute approximate surface area is 151 Å². The fourth-order valence-electron chi connectivity index (χ4n) is 3.02. The summed E-state index contributed by atoms with van der Waals surface area (Å²) in [6, 6.07) is 10.5. The van der Waals surface area contributed by atoms with E-state index >= 15 is 0 Å². The molecule has 0 saturated carbocycles. The number of aryl methyl sites for hydroxylation is 2. The Morgan fingerprint density at radius 2 is 1.73 bits per heavy atom. The Bertz CT molecular complexity index is 928. The molecule has 0 radical (unpaired) electrons. The number of ketones is 1. The monoisotopic (exact) mass is 352 g/mol. The van der Waals surface area contributed by atoms with Crippen molar-refractivity contribution in [2.75, 3.05) is 0 Å². The van der Waals surface area contributed by atoms with Crippen molar-refractivity contribution in [2.45, 2.75) is 39.7 Å². The van der Waals surface area contributed by atoms with Gasteiger partial charge in [-0.25, -0.2) is 9.59 Å². The van der Waals surface area contributed by atoms with E-state index in [2.05, 4.69) is 0 Å². The molecule has 0 aromatic heterocycles. The van der Waals surface area contributed by atoms with Gasteiger partial charge >= 0.3 is 11.9 Å². The summed E-state index contributed by atoms with van der Waals surface area (Å²) in [7, 11) is 0. The van der Waals surface area contributed by atoms with Crippen LogP contribution < -0.4 is 4.74 Å². The van der Waals surface area contributed by atoms with Crippen LogP contribution in [0.5, 0.6) is 5.75 Å². The Morgan fingerprint density at radius 3 is 2.42 bits per heavy atom. The molecule has 5 heteroatoms. The molecular formula is C21H20O5. The smallest absolute Gasteiger partial charge is 0.356 e. The van der Waals surface area contributed by atoms with Crippen LogP contribution in [0.2, 0.25) is 0 Å². The number of ether oxygens (including phenoxy) is 2. The lowest BCUT2D eigenvalue weighted by Crippen LogP contribution is -2.48. The van der Waals surface area contributed by atoms with E-state index in [0.717, 1.165) is 16.7 Å². The van der Waals surface area contributed by atoms with Gasteiger partial charge in [0.25, 0.3) is 0 Å². The Balaban J connectivity index is 1.90. The fraction of sp³-hybridized carbons (Fsp3) is 0.286. The van der Waals surface area contributed by atoms with Crippen LogP contribution in [0.1, 0.15) is 51.3 Å². The van der Waals surface area contributed by atoms with Crippen molar-refractivity contribution in [1.29, 1.82) is 0 Å².